The molecule has 0 aliphatic rings. The van der Waals surface area contributed by atoms with E-state index in [0.717, 1.165) is 28.8 Å². The SMILES string of the molecule is OCCN(CCO)c1ccc(Cc2ccc(NCCI)cc2)cc1. The van der Waals surface area contributed by atoms with Crippen LogP contribution in [0.3, 0.4) is 0 Å². The van der Waals surface area contributed by atoms with Gasteiger partial charge in [-0.15, -0.1) is 0 Å². The zero-order valence-corrected chi connectivity index (χ0v) is 15.9. The molecule has 0 spiro atoms. The number of aliphatic hydroxyl groups is 2. The highest BCUT2D eigenvalue weighted by atomic mass is 127. The van der Waals surface area contributed by atoms with E-state index < -0.39 is 0 Å². The average molecular weight is 440 g/mol. The third-order valence-electron chi connectivity index (χ3n) is 3.83. The Morgan fingerprint density at radius 2 is 1.38 bits per heavy atom. The van der Waals surface area contributed by atoms with Crippen molar-refractivity contribution in [2.45, 2.75) is 6.42 Å². The fourth-order valence-electron chi connectivity index (χ4n) is 2.60. The fraction of sp³-hybridized carbons (Fsp3) is 0.368. The fourth-order valence-corrected chi connectivity index (χ4v) is 2.87. The molecule has 5 heteroatoms. The molecule has 0 heterocycles. The molecule has 0 aromatic heterocycles. The van der Waals surface area contributed by atoms with E-state index in [4.69, 9.17) is 10.2 Å². The smallest absolute Gasteiger partial charge is 0.0606 e. The summed E-state index contributed by atoms with van der Waals surface area (Å²) in [6, 6.07) is 16.9. The van der Waals surface area contributed by atoms with Gasteiger partial charge in [0.1, 0.15) is 0 Å². The van der Waals surface area contributed by atoms with Crippen molar-refractivity contribution in [2.75, 3.05) is 47.5 Å². The molecule has 130 valence electrons. The molecule has 0 aliphatic heterocycles. The van der Waals surface area contributed by atoms with Crippen LogP contribution in [0.4, 0.5) is 11.4 Å². The maximum Gasteiger partial charge on any atom is 0.0606 e. The normalized spacial score (nSPS) is 10.6. The molecule has 0 saturated carbocycles. The Hall–Kier alpha value is -1.31. The minimum Gasteiger partial charge on any atom is -0.395 e. The van der Waals surface area contributed by atoms with Crippen molar-refractivity contribution in [3.63, 3.8) is 0 Å². The summed E-state index contributed by atoms with van der Waals surface area (Å²) in [6.07, 6.45) is 0.896. The standard InChI is InChI=1S/C19H25IN2O2/c20-9-10-21-18-5-1-16(2-6-18)15-17-3-7-19(8-4-17)22(11-13-23)12-14-24/h1-8,21,23-24H,9-15H2. The Morgan fingerprint density at radius 1 is 0.833 bits per heavy atom. The number of benzene rings is 2. The molecule has 0 atom stereocenters. The van der Waals surface area contributed by atoms with Crippen LogP contribution in [0, 0.1) is 0 Å². The third kappa shape index (κ3) is 5.96. The molecule has 0 radical (unpaired) electrons. The number of aliphatic hydroxyl groups excluding tert-OH is 2. The first-order chi connectivity index (χ1) is 11.8. The van der Waals surface area contributed by atoms with Crippen LogP contribution in [0.2, 0.25) is 0 Å². The minimum absolute atomic E-state index is 0.0830. The lowest BCUT2D eigenvalue weighted by Crippen LogP contribution is -2.29. The van der Waals surface area contributed by atoms with Crippen LogP contribution in [0.25, 0.3) is 0 Å². The van der Waals surface area contributed by atoms with Crippen molar-refractivity contribution in [3.05, 3.63) is 59.7 Å². The highest BCUT2D eigenvalue weighted by Crippen LogP contribution is 2.18. The lowest BCUT2D eigenvalue weighted by molar-refractivity contribution is 0.281. The predicted octanol–water partition coefficient (Wildman–Crippen LogP) is 2.92. The summed E-state index contributed by atoms with van der Waals surface area (Å²) in [7, 11) is 0. The summed E-state index contributed by atoms with van der Waals surface area (Å²) in [5.41, 5.74) is 4.72. The quantitative estimate of drug-likeness (QED) is 0.393. The van der Waals surface area contributed by atoms with Crippen molar-refractivity contribution in [2.24, 2.45) is 0 Å². The highest BCUT2D eigenvalue weighted by Gasteiger charge is 2.05. The first-order valence-corrected chi connectivity index (χ1v) is 9.73. The molecule has 4 nitrogen and oxygen atoms in total. The van der Waals surface area contributed by atoms with Crippen LogP contribution < -0.4 is 10.2 Å². The van der Waals surface area contributed by atoms with Gasteiger partial charge in [-0.2, -0.15) is 0 Å². The molecular formula is C19H25IN2O2. The van der Waals surface area contributed by atoms with E-state index in [-0.39, 0.29) is 13.2 Å². The second kappa shape index (κ2) is 10.5. The summed E-state index contributed by atoms with van der Waals surface area (Å²) in [5.74, 6) is 0. The molecule has 0 fully saturated rings. The number of nitrogens with zero attached hydrogens (tertiary/aromatic N) is 1. The van der Waals surface area contributed by atoms with Gasteiger partial charge in [-0.05, 0) is 41.8 Å². The average Bonchev–Trinajstić information content (AvgIpc) is 2.62. The summed E-state index contributed by atoms with van der Waals surface area (Å²) in [5, 5.41) is 21.6. The van der Waals surface area contributed by atoms with Gasteiger partial charge in [0.25, 0.3) is 0 Å². The number of hydrogen-bond donors (Lipinski definition) is 3. The van der Waals surface area contributed by atoms with E-state index in [0.29, 0.717) is 13.1 Å². The lowest BCUT2D eigenvalue weighted by atomic mass is 10.0. The molecule has 0 unspecified atom stereocenters. The molecular weight excluding hydrogens is 415 g/mol. The predicted molar refractivity (Wildman–Crippen MR) is 109 cm³/mol. The Labute approximate surface area is 157 Å². The third-order valence-corrected chi connectivity index (χ3v) is 4.37. The molecule has 2 rings (SSSR count). The van der Waals surface area contributed by atoms with Gasteiger partial charge >= 0.3 is 0 Å². The molecule has 2 aromatic rings. The van der Waals surface area contributed by atoms with Crippen molar-refractivity contribution in [3.8, 4) is 0 Å². The Bertz CT molecular complexity index is 581. The summed E-state index contributed by atoms with van der Waals surface area (Å²) in [4.78, 5) is 1.98. The van der Waals surface area contributed by atoms with E-state index in [9.17, 15) is 0 Å². The Balaban J connectivity index is 1.97. The Kier molecular flexibility index (Phi) is 8.35. The summed E-state index contributed by atoms with van der Waals surface area (Å²) >= 11 is 2.36. The zero-order valence-electron chi connectivity index (χ0n) is 13.8. The topological polar surface area (TPSA) is 55.7 Å². The van der Waals surface area contributed by atoms with Crippen LogP contribution >= 0.6 is 22.6 Å². The van der Waals surface area contributed by atoms with Gasteiger partial charge in [0.2, 0.25) is 0 Å². The molecule has 2 aromatic carbocycles. The van der Waals surface area contributed by atoms with Crippen molar-refractivity contribution >= 4 is 34.0 Å². The second-order valence-electron chi connectivity index (χ2n) is 5.59. The van der Waals surface area contributed by atoms with Gasteiger partial charge in [-0.3, -0.25) is 0 Å². The van der Waals surface area contributed by atoms with Crippen LogP contribution in [0.1, 0.15) is 11.1 Å². The van der Waals surface area contributed by atoms with Gasteiger partial charge in [-0.1, -0.05) is 46.9 Å². The van der Waals surface area contributed by atoms with Crippen LogP contribution in [-0.2, 0) is 6.42 Å². The maximum atomic E-state index is 9.12. The van der Waals surface area contributed by atoms with E-state index in [1.54, 1.807) is 0 Å². The second-order valence-corrected chi connectivity index (χ2v) is 6.67. The van der Waals surface area contributed by atoms with E-state index in [2.05, 4.69) is 76.4 Å². The molecule has 0 aliphatic carbocycles. The van der Waals surface area contributed by atoms with Crippen molar-refractivity contribution < 1.29 is 10.2 Å². The molecule has 0 saturated heterocycles. The van der Waals surface area contributed by atoms with Crippen LogP contribution in [0.5, 0.6) is 0 Å². The van der Waals surface area contributed by atoms with Gasteiger partial charge in [0.15, 0.2) is 0 Å². The number of hydrogen-bond acceptors (Lipinski definition) is 4. The van der Waals surface area contributed by atoms with Gasteiger partial charge in [0.05, 0.1) is 13.2 Å². The van der Waals surface area contributed by atoms with Crippen molar-refractivity contribution in [1.29, 1.82) is 0 Å². The zero-order chi connectivity index (χ0) is 17.2. The molecule has 24 heavy (non-hydrogen) atoms. The van der Waals surface area contributed by atoms with E-state index in [1.165, 1.54) is 11.1 Å². The lowest BCUT2D eigenvalue weighted by Gasteiger charge is -2.23. The molecule has 0 amide bonds. The monoisotopic (exact) mass is 440 g/mol. The minimum atomic E-state index is 0.0830. The number of nitrogens with one attached hydrogen (secondary N) is 1. The van der Waals surface area contributed by atoms with Crippen molar-refractivity contribution in [1.82, 2.24) is 0 Å². The maximum absolute atomic E-state index is 9.12. The first kappa shape index (κ1) is 19.0. The van der Waals surface area contributed by atoms with Gasteiger partial charge in [-0.25, -0.2) is 0 Å². The largest absolute Gasteiger partial charge is 0.395 e. The first-order valence-electron chi connectivity index (χ1n) is 8.21. The van der Waals surface area contributed by atoms with Crippen LogP contribution in [-0.4, -0.2) is 47.5 Å². The number of halogens is 1. The van der Waals surface area contributed by atoms with Gasteiger partial charge in [0, 0.05) is 35.4 Å². The number of rotatable bonds is 10. The molecule has 3 N–H and O–H groups in total. The molecule has 0 bridgehead atoms. The summed E-state index contributed by atoms with van der Waals surface area (Å²) in [6.45, 7) is 2.22. The highest BCUT2D eigenvalue weighted by molar-refractivity contribution is 14.1. The van der Waals surface area contributed by atoms with Crippen LogP contribution in [0.15, 0.2) is 48.5 Å². The van der Waals surface area contributed by atoms with E-state index >= 15 is 0 Å². The number of alkyl halides is 1. The van der Waals surface area contributed by atoms with Gasteiger partial charge < -0.3 is 20.4 Å². The summed E-state index contributed by atoms with van der Waals surface area (Å²) < 4.78 is 1.09. The number of anilines is 2. The van der Waals surface area contributed by atoms with E-state index in [1.807, 2.05) is 4.90 Å². The Morgan fingerprint density at radius 3 is 1.88 bits per heavy atom.